The molecule has 1 aliphatic carbocycles. The Kier molecular flexibility index (Phi) is 6.51. The van der Waals surface area contributed by atoms with Gasteiger partial charge in [-0.25, -0.2) is 0 Å². The summed E-state index contributed by atoms with van der Waals surface area (Å²) < 4.78 is 0. The van der Waals surface area contributed by atoms with Gasteiger partial charge in [0.05, 0.1) is 5.69 Å². The van der Waals surface area contributed by atoms with Crippen molar-refractivity contribution < 1.29 is 14.7 Å². The van der Waals surface area contributed by atoms with Crippen LogP contribution in [0.4, 0.5) is 0 Å². The maximum absolute atomic E-state index is 13.4. The molecule has 2 aliphatic heterocycles. The molecule has 41 heavy (non-hydrogen) atoms. The Morgan fingerprint density at radius 2 is 1.68 bits per heavy atom. The standard InChI is InChI=1S/C34H40N4O3/c1-8-20-16(4)23-14-28-31(15(2)3)18(6)25(36-28)12-24-17(5)21(9-10-30(40)41)33(37-24)22-11-29(39)32-19(7)26(38-34(22)32)13-27(20)35-23/h12-15,17,21,35-38H,8-11H2,1-7H3,(H,40,41)/t17-,21-/m0/s1. The zero-order chi connectivity index (χ0) is 29.3. The topological polar surface area (TPSA) is 114 Å². The van der Waals surface area contributed by atoms with Gasteiger partial charge >= 0.3 is 5.97 Å². The number of aromatic nitrogens is 3. The smallest absolute Gasteiger partial charge is 0.303 e. The van der Waals surface area contributed by atoms with Crippen LogP contribution in [0, 0.1) is 32.6 Å². The number of aromatic amines is 3. The molecule has 3 aliphatic rings. The Balaban J connectivity index is 1.69. The normalized spacial score (nSPS) is 19.4. The monoisotopic (exact) mass is 552 g/mol. The first-order chi connectivity index (χ1) is 19.5. The number of rotatable bonds is 5. The summed E-state index contributed by atoms with van der Waals surface area (Å²) in [5.41, 5.74) is 13.7. The number of Topliss-reactive ketones (excluding diaryl/α,β-unsaturated/α-hetero) is 1. The number of hydrogen-bond donors (Lipinski definition) is 5. The largest absolute Gasteiger partial charge is 0.481 e. The van der Waals surface area contributed by atoms with Crippen LogP contribution in [-0.4, -0.2) is 31.8 Å². The third-order valence-electron chi connectivity index (χ3n) is 9.57. The van der Waals surface area contributed by atoms with Gasteiger partial charge in [0.2, 0.25) is 0 Å². The number of aliphatic carboxylic acids is 1. The minimum absolute atomic E-state index is 0.0245. The Bertz CT molecular complexity index is 1800. The van der Waals surface area contributed by atoms with Gasteiger partial charge in [-0.2, -0.15) is 0 Å². The number of allylic oxidation sites excluding steroid dienone is 3. The molecule has 0 radical (unpaired) electrons. The van der Waals surface area contributed by atoms with Crippen LogP contribution in [-0.2, 0) is 11.2 Å². The lowest BCUT2D eigenvalue weighted by Gasteiger charge is -2.16. The average Bonchev–Trinajstić information content (AvgIpc) is 3.65. The van der Waals surface area contributed by atoms with Gasteiger partial charge in [-0.1, -0.05) is 27.7 Å². The number of carbonyl (C=O) groups is 2. The number of hydrogen-bond acceptors (Lipinski definition) is 3. The van der Waals surface area contributed by atoms with Gasteiger partial charge in [0, 0.05) is 75.0 Å². The van der Waals surface area contributed by atoms with Crippen LogP contribution in [0.3, 0.4) is 0 Å². The highest BCUT2D eigenvalue weighted by Gasteiger charge is 2.39. The van der Waals surface area contributed by atoms with E-state index in [1.165, 1.54) is 22.3 Å². The molecule has 1 fully saturated rings. The minimum atomic E-state index is -0.803. The number of carbonyl (C=O) groups excluding carboxylic acids is 1. The zero-order valence-electron chi connectivity index (χ0n) is 25.1. The Hall–Kier alpha value is -4.00. The number of ketones is 1. The molecule has 0 spiro atoms. The maximum atomic E-state index is 13.4. The number of carboxylic acid groups (broad SMARTS) is 1. The molecule has 2 atom stereocenters. The van der Waals surface area contributed by atoms with E-state index in [0.717, 1.165) is 68.0 Å². The van der Waals surface area contributed by atoms with E-state index in [1.54, 1.807) is 0 Å². The fourth-order valence-electron chi connectivity index (χ4n) is 7.37. The van der Waals surface area contributed by atoms with E-state index >= 15 is 0 Å². The average molecular weight is 553 g/mol. The molecule has 7 nitrogen and oxygen atoms in total. The van der Waals surface area contributed by atoms with Gasteiger partial charge in [0.1, 0.15) is 0 Å². The lowest BCUT2D eigenvalue weighted by atomic mass is 9.86. The van der Waals surface area contributed by atoms with Crippen molar-refractivity contribution in [2.45, 2.75) is 80.1 Å². The van der Waals surface area contributed by atoms with Crippen LogP contribution in [0.5, 0.6) is 0 Å². The fourth-order valence-corrected chi connectivity index (χ4v) is 7.37. The highest BCUT2D eigenvalue weighted by atomic mass is 16.4. The lowest BCUT2D eigenvalue weighted by molar-refractivity contribution is -0.137. The van der Waals surface area contributed by atoms with E-state index < -0.39 is 5.97 Å². The van der Waals surface area contributed by atoms with Crippen LogP contribution in [0.15, 0.2) is 11.4 Å². The van der Waals surface area contributed by atoms with E-state index in [9.17, 15) is 14.7 Å². The van der Waals surface area contributed by atoms with Crippen molar-refractivity contribution in [1.82, 2.24) is 20.3 Å². The first-order valence-electron chi connectivity index (χ1n) is 14.8. The molecule has 1 saturated heterocycles. The molecule has 5 heterocycles. The van der Waals surface area contributed by atoms with Gasteiger partial charge in [0.25, 0.3) is 0 Å². The third kappa shape index (κ3) is 4.25. The Labute approximate surface area is 240 Å². The number of fused-ring (bicyclic) bond motifs is 7. The van der Waals surface area contributed by atoms with E-state index in [-0.39, 0.29) is 24.0 Å². The molecule has 3 aromatic heterocycles. The van der Waals surface area contributed by atoms with Crippen molar-refractivity contribution in [1.29, 1.82) is 0 Å². The third-order valence-corrected chi connectivity index (χ3v) is 9.57. The molecule has 7 heteroatoms. The summed E-state index contributed by atoms with van der Waals surface area (Å²) in [6, 6.07) is 0. The highest BCUT2D eigenvalue weighted by molar-refractivity contribution is 6.13. The van der Waals surface area contributed by atoms with Crippen LogP contribution < -0.4 is 16.0 Å². The Morgan fingerprint density at radius 1 is 0.976 bits per heavy atom. The second-order valence-corrected chi connectivity index (χ2v) is 12.3. The number of nitrogens with one attached hydrogen (secondary N) is 4. The SMILES string of the molecule is CCc1c(C)c2[nH]c1=Cc1[nH]c3c(c1C)C(=O)CC3=C1NC(=Cc3[nH]c(c(C(C)C)c3C)C=2)[C@@H](C)[C@@H]1CCC(=O)O. The van der Waals surface area contributed by atoms with Crippen molar-refractivity contribution >= 4 is 35.6 Å². The van der Waals surface area contributed by atoms with Gasteiger partial charge in [-0.05, 0) is 85.6 Å². The predicted octanol–water partition coefficient (Wildman–Crippen LogP) is 5.31. The second-order valence-electron chi connectivity index (χ2n) is 12.3. The fraction of sp³-hybridized carbons (Fsp3) is 0.412. The second kappa shape index (κ2) is 9.82. The molecular weight excluding hydrogens is 512 g/mol. The molecule has 6 rings (SSSR count). The first kappa shape index (κ1) is 27.2. The molecular formula is C34H40N4O3. The first-order valence-corrected chi connectivity index (χ1v) is 14.8. The van der Waals surface area contributed by atoms with E-state index in [2.05, 4.69) is 80.0 Å². The molecule has 0 amide bonds. The molecule has 0 unspecified atom stereocenters. The van der Waals surface area contributed by atoms with Crippen LogP contribution in [0.1, 0.15) is 114 Å². The number of H-pyrrole nitrogens is 3. The summed E-state index contributed by atoms with van der Waals surface area (Å²) in [6.07, 6.45) is 8.36. The molecule has 3 aromatic rings. The van der Waals surface area contributed by atoms with Crippen molar-refractivity contribution in [3.05, 3.63) is 78.2 Å². The van der Waals surface area contributed by atoms with Gasteiger partial charge in [-0.3, -0.25) is 9.59 Å². The molecule has 0 aromatic carbocycles. The van der Waals surface area contributed by atoms with Gasteiger partial charge in [-0.15, -0.1) is 0 Å². The van der Waals surface area contributed by atoms with Crippen molar-refractivity contribution in [2.24, 2.45) is 11.8 Å². The van der Waals surface area contributed by atoms with E-state index in [1.807, 2.05) is 6.92 Å². The molecule has 8 bridgehead atoms. The van der Waals surface area contributed by atoms with Gasteiger partial charge < -0.3 is 25.4 Å². The summed E-state index contributed by atoms with van der Waals surface area (Å²) in [6.45, 7) is 15.2. The maximum Gasteiger partial charge on any atom is 0.303 e. The Morgan fingerprint density at radius 3 is 2.37 bits per heavy atom. The van der Waals surface area contributed by atoms with Crippen LogP contribution in [0.25, 0.3) is 23.8 Å². The van der Waals surface area contributed by atoms with Crippen molar-refractivity contribution in [2.75, 3.05) is 0 Å². The summed E-state index contributed by atoms with van der Waals surface area (Å²) >= 11 is 0. The lowest BCUT2D eigenvalue weighted by Crippen LogP contribution is -2.13. The summed E-state index contributed by atoms with van der Waals surface area (Å²) in [5, 5.41) is 15.4. The van der Waals surface area contributed by atoms with Crippen LogP contribution >= 0.6 is 0 Å². The predicted molar refractivity (Wildman–Crippen MR) is 163 cm³/mol. The van der Waals surface area contributed by atoms with Crippen molar-refractivity contribution in [3.8, 4) is 0 Å². The van der Waals surface area contributed by atoms with Gasteiger partial charge in [0.15, 0.2) is 5.78 Å². The molecule has 0 saturated carbocycles. The highest BCUT2D eigenvalue weighted by Crippen LogP contribution is 2.45. The molecule has 214 valence electrons. The summed E-state index contributed by atoms with van der Waals surface area (Å²) in [7, 11) is 0. The molecule has 5 N–H and O–H groups in total. The van der Waals surface area contributed by atoms with E-state index in [4.69, 9.17) is 0 Å². The number of carboxylic acids is 1. The zero-order valence-corrected chi connectivity index (χ0v) is 25.1. The quantitative estimate of drug-likeness (QED) is 0.295. The minimum Gasteiger partial charge on any atom is -0.481 e. The van der Waals surface area contributed by atoms with Crippen molar-refractivity contribution in [3.63, 3.8) is 0 Å². The van der Waals surface area contributed by atoms with E-state index in [0.29, 0.717) is 18.8 Å². The summed E-state index contributed by atoms with van der Waals surface area (Å²) in [4.78, 5) is 36.1. The summed E-state index contributed by atoms with van der Waals surface area (Å²) in [5.74, 6) is -0.312. The van der Waals surface area contributed by atoms with Crippen LogP contribution in [0.2, 0.25) is 0 Å².